The summed E-state index contributed by atoms with van der Waals surface area (Å²) in [6.07, 6.45) is 1.41. The van der Waals surface area contributed by atoms with E-state index < -0.39 is 0 Å². The average molecular weight is 244 g/mol. The summed E-state index contributed by atoms with van der Waals surface area (Å²) in [7, 11) is 0. The number of nitrogens with one attached hydrogen (secondary N) is 2. The van der Waals surface area contributed by atoms with Gasteiger partial charge in [0, 0.05) is 5.69 Å². The molecule has 0 aliphatic heterocycles. The Kier molecular flexibility index (Phi) is 3.32. The number of H-pyrrole nitrogens is 1. The highest BCUT2D eigenvalue weighted by molar-refractivity contribution is 6.07. The number of benzene rings is 1. The Morgan fingerprint density at radius 3 is 2.83 bits per heavy atom. The van der Waals surface area contributed by atoms with E-state index in [9.17, 15) is 4.79 Å². The van der Waals surface area contributed by atoms with Crippen molar-refractivity contribution in [2.24, 2.45) is 0 Å². The van der Waals surface area contributed by atoms with E-state index >= 15 is 0 Å². The van der Waals surface area contributed by atoms with Crippen molar-refractivity contribution in [3.8, 4) is 0 Å². The summed E-state index contributed by atoms with van der Waals surface area (Å²) in [4.78, 5) is 11.9. The summed E-state index contributed by atoms with van der Waals surface area (Å²) in [5.41, 5.74) is 7.88. The molecular formula is C13H16N4O. The molecule has 0 atom stereocenters. The van der Waals surface area contributed by atoms with E-state index in [0.29, 0.717) is 11.5 Å². The molecule has 1 amide bonds. The highest BCUT2D eigenvalue weighted by atomic mass is 16.1. The summed E-state index contributed by atoms with van der Waals surface area (Å²) in [5, 5.41) is 9.05. The smallest absolute Gasteiger partial charge is 0.261 e. The predicted molar refractivity (Wildman–Crippen MR) is 71.5 cm³/mol. The zero-order valence-corrected chi connectivity index (χ0v) is 10.4. The zero-order valence-electron chi connectivity index (χ0n) is 10.4. The molecule has 0 unspecified atom stereocenters. The molecule has 18 heavy (non-hydrogen) atoms. The molecule has 0 aliphatic carbocycles. The number of amides is 1. The van der Waals surface area contributed by atoms with E-state index in [0.717, 1.165) is 5.69 Å². The molecule has 2 rings (SSSR count). The second-order valence-corrected chi connectivity index (χ2v) is 4.43. The number of nitrogens with two attached hydrogens (primary N) is 1. The van der Waals surface area contributed by atoms with E-state index in [1.807, 2.05) is 24.3 Å². The van der Waals surface area contributed by atoms with Gasteiger partial charge in [-0.05, 0) is 23.6 Å². The van der Waals surface area contributed by atoms with E-state index in [1.165, 1.54) is 11.8 Å². The number of carbonyl (C=O) groups excluding carboxylic acids is 1. The second kappa shape index (κ2) is 4.91. The molecule has 1 aromatic heterocycles. The first-order chi connectivity index (χ1) is 8.58. The van der Waals surface area contributed by atoms with E-state index in [4.69, 9.17) is 5.73 Å². The maximum atomic E-state index is 11.9. The Bertz CT molecular complexity index is 560. The SMILES string of the molecule is CC(C)c1cccc(NC(=O)c2cn[nH]c2N)c1. The van der Waals surface area contributed by atoms with Gasteiger partial charge in [0.25, 0.3) is 5.91 Å². The topological polar surface area (TPSA) is 83.8 Å². The van der Waals surface area contributed by atoms with Crippen molar-refractivity contribution in [1.82, 2.24) is 10.2 Å². The van der Waals surface area contributed by atoms with Gasteiger partial charge in [0.15, 0.2) is 0 Å². The van der Waals surface area contributed by atoms with Crippen LogP contribution in [0.1, 0.15) is 35.7 Å². The van der Waals surface area contributed by atoms with Crippen LogP contribution in [-0.2, 0) is 0 Å². The van der Waals surface area contributed by atoms with Crippen LogP contribution in [0.3, 0.4) is 0 Å². The summed E-state index contributed by atoms with van der Waals surface area (Å²) in [5.74, 6) is 0.426. The van der Waals surface area contributed by atoms with Crippen LogP contribution in [0, 0.1) is 0 Å². The van der Waals surface area contributed by atoms with Crippen LogP contribution in [0.15, 0.2) is 30.5 Å². The van der Waals surface area contributed by atoms with Crippen molar-refractivity contribution in [1.29, 1.82) is 0 Å². The fourth-order valence-electron chi connectivity index (χ4n) is 1.65. The minimum Gasteiger partial charge on any atom is -0.383 e. The standard InChI is InChI=1S/C13H16N4O/c1-8(2)9-4-3-5-10(6-9)16-13(18)11-7-15-17-12(11)14/h3-8H,1-2H3,(H,16,18)(H3,14,15,17). The van der Waals surface area contributed by atoms with Gasteiger partial charge in [-0.2, -0.15) is 5.10 Å². The molecule has 94 valence electrons. The van der Waals surface area contributed by atoms with Crippen molar-refractivity contribution < 1.29 is 4.79 Å². The third kappa shape index (κ3) is 2.51. The Labute approximate surface area is 105 Å². The van der Waals surface area contributed by atoms with Crippen molar-refractivity contribution in [3.63, 3.8) is 0 Å². The maximum Gasteiger partial charge on any atom is 0.261 e. The fourth-order valence-corrected chi connectivity index (χ4v) is 1.65. The lowest BCUT2D eigenvalue weighted by Gasteiger charge is -2.09. The lowest BCUT2D eigenvalue weighted by molar-refractivity contribution is 0.102. The van der Waals surface area contributed by atoms with E-state index in [1.54, 1.807) is 0 Å². The van der Waals surface area contributed by atoms with Crippen molar-refractivity contribution in [2.45, 2.75) is 19.8 Å². The third-order valence-electron chi connectivity index (χ3n) is 2.72. The summed E-state index contributed by atoms with van der Waals surface area (Å²) < 4.78 is 0. The Morgan fingerprint density at radius 2 is 2.22 bits per heavy atom. The number of carbonyl (C=O) groups is 1. The summed E-state index contributed by atoms with van der Waals surface area (Å²) in [6, 6.07) is 7.76. The molecule has 0 saturated heterocycles. The Hall–Kier alpha value is -2.30. The lowest BCUT2D eigenvalue weighted by atomic mass is 10.0. The number of hydrogen-bond donors (Lipinski definition) is 3. The minimum atomic E-state index is -0.262. The third-order valence-corrected chi connectivity index (χ3v) is 2.72. The molecule has 2 aromatic rings. The summed E-state index contributed by atoms with van der Waals surface area (Å²) >= 11 is 0. The number of nitrogens with zero attached hydrogens (tertiary/aromatic N) is 1. The number of anilines is 2. The van der Waals surface area contributed by atoms with Crippen LogP contribution in [0.2, 0.25) is 0 Å². The summed E-state index contributed by atoms with van der Waals surface area (Å²) in [6.45, 7) is 4.21. The largest absolute Gasteiger partial charge is 0.383 e. The number of aromatic nitrogens is 2. The number of hydrogen-bond acceptors (Lipinski definition) is 3. The van der Waals surface area contributed by atoms with Gasteiger partial charge in [0.1, 0.15) is 11.4 Å². The molecule has 0 fully saturated rings. The average Bonchev–Trinajstić information content (AvgIpc) is 2.76. The normalized spacial score (nSPS) is 10.6. The van der Waals surface area contributed by atoms with Crippen molar-refractivity contribution in [2.75, 3.05) is 11.1 Å². The van der Waals surface area contributed by atoms with Crippen molar-refractivity contribution in [3.05, 3.63) is 41.6 Å². The van der Waals surface area contributed by atoms with Gasteiger partial charge >= 0.3 is 0 Å². The minimum absolute atomic E-state index is 0.262. The predicted octanol–water partition coefficient (Wildman–Crippen LogP) is 2.37. The van der Waals surface area contributed by atoms with Crippen molar-refractivity contribution >= 4 is 17.4 Å². The van der Waals surface area contributed by atoms with Crippen LogP contribution >= 0.6 is 0 Å². The van der Waals surface area contributed by atoms with Crippen LogP contribution in [-0.4, -0.2) is 16.1 Å². The number of aromatic amines is 1. The first-order valence-corrected chi connectivity index (χ1v) is 5.78. The molecule has 5 nitrogen and oxygen atoms in total. The molecule has 0 aliphatic rings. The van der Waals surface area contributed by atoms with E-state index in [-0.39, 0.29) is 11.7 Å². The van der Waals surface area contributed by atoms with Gasteiger partial charge in [-0.15, -0.1) is 0 Å². The van der Waals surface area contributed by atoms with Crippen LogP contribution in [0.5, 0.6) is 0 Å². The highest BCUT2D eigenvalue weighted by Gasteiger charge is 2.12. The molecule has 4 N–H and O–H groups in total. The van der Waals surface area contributed by atoms with Gasteiger partial charge in [-0.3, -0.25) is 9.89 Å². The Morgan fingerprint density at radius 1 is 1.44 bits per heavy atom. The van der Waals surface area contributed by atoms with Crippen LogP contribution in [0.4, 0.5) is 11.5 Å². The van der Waals surface area contributed by atoms with Crippen LogP contribution < -0.4 is 11.1 Å². The van der Waals surface area contributed by atoms with Gasteiger partial charge in [-0.1, -0.05) is 26.0 Å². The second-order valence-electron chi connectivity index (χ2n) is 4.43. The first-order valence-electron chi connectivity index (χ1n) is 5.78. The van der Waals surface area contributed by atoms with Gasteiger partial charge < -0.3 is 11.1 Å². The molecule has 5 heteroatoms. The van der Waals surface area contributed by atoms with Crippen LogP contribution in [0.25, 0.3) is 0 Å². The molecule has 1 aromatic carbocycles. The number of rotatable bonds is 3. The monoisotopic (exact) mass is 244 g/mol. The van der Waals surface area contributed by atoms with E-state index in [2.05, 4.69) is 29.4 Å². The number of nitrogen functional groups attached to an aromatic ring is 1. The maximum absolute atomic E-state index is 11.9. The molecule has 0 radical (unpaired) electrons. The molecule has 0 saturated carbocycles. The molecule has 0 bridgehead atoms. The Balaban J connectivity index is 2.17. The molecule has 1 heterocycles. The lowest BCUT2D eigenvalue weighted by Crippen LogP contribution is -2.13. The fraction of sp³-hybridized carbons (Fsp3) is 0.231. The molecular weight excluding hydrogens is 228 g/mol. The zero-order chi connectivity index (χ0) is 13.1. The van der Waals surface area contributed by atoms with Gasteiger partial charge in [0.05, 0.1) is 6.20 Å². The molecule has 0 spiro atoms. The van der Waals surface area contributed by atoms with Gasteiger partial charge in [0.2, 0.25) is 0 Å². The van der Waals surface area contributed by atoms with Gasteiger partial charge in [-0.25, -0.2) is 0 Å². The highest BCUT2D eigenvalue weighted by Crippen LogP contribution is 2.19. The quantitative estimate of drug-likeness (QED) is 0.775. The first kappa shape index (κ1) is 12.2.